The SMILES string of the molecule is CC(C)C(O)C(=O)N[C@@H](C)C(=O)N1CCCC(C(=O)OCC(Cl)(Cl)Cl)N1. The summed E-state index contributed by atoms with van der Waals surface area (Å²) in [7, 11) is 0. The van der Waals surface area contributed by atoms with Crippen LogP contribution in [0.3, 0.4) is 0 Å². The molecule has 0 aromatic carbocycles. The Balaban J connectivity index is 2.58. The smallest absolute Gasteiger partial charge is 0.325 e. The third kappa shape index (κ3) is 7.44. The van der Waals surface area contributed by atoms with Gasteiger partial charge in [-0.05, 0) is 25.7 Å². The number of rotatable bonds is 6. The van der Waals surface area contributed by atoms with Gasteiger partial charge < -0.3 is 15.2 Å². The number of hydrogen-bond acceptors (Lipinski definition) is 6. The van der Waals surface area contributed by atoms with Gasteiger partial charge in [-0.2, -0.15) is 0 Å². The first-order chi connectivity index (χ1) is 11.9. The number of hydrazine groups is 1. The second-order valence-corrected chi connectivity index (χ2v) is 8.97. The van der Waals surface area contributed by atoms with Crippen molar-refractivity contribution in [3.8, 4) is 0 Å². The van der Waals surface area contributed by atoms with Crippen LogP contribution >= 0.6 is 34.8 Å². The fourth-order valence-corrected chi connectivity index (χ4v) is 2.43. The van der Waals surface area contributed by atoms with Crippen molar-refractivity contribution in [3.05, 3.63) is 0 Å². The van der Waals surface area contributed by atoms with Gasteiger partial charge in [-0.15, -0.1) is 0 Å². The maximum Gasteiger partial charge on any atom is 0.325 e. The number of alkyl halides is 3. The molecule has 1 saturated heterocycles. The average Bonchev–Trinajstić information content (AvgIpc) is 2.57. The summed E-state index contributed by atoms with van der Waals surface area (Å²) in [4.78, 5) is 36.4. The molecular formula is C15H24Cl3N3O5. The highest BCUT2D eigenvalue weighted by Crippen LogP contribution is 2.26. The standard InChI is InChI=1S/C15H24Cl3N3O5/c1-8(2)11(22)12(23)19-9(3)13(24)21-6-4-5-10(20-21)14(25)26-7-15(16,17)18/h8-11,20,22H,4-7H2,1-3H3,(H,19,23)/t9-,10?,11?/m0/s1. The summed E-state index contributed by atoms with van der Waals surface area (Å²) in [6, 6.07) is -1.64. The highest BCUT2D eigenvalue weighted by molar-refractivity contribution is 6.67. The molecule has 1 heterocycles. The second-order valence-electron chi connectivity index (χ2n) is 6.46. The molecule has 0 radical (unpaired) electrons. The van der Waals surface area contributed by atoms with Crippen molar-refractivity contribution in [2.45, 2.75) is 55.6 Å². The quantitative estimate of drug-likeness (QED) is 0.425. The minimum atomic E-state index is -1.71. The molecule has 1 rings (SSSR count). The summed E-state index contributed by atoms with van der Waals surface area (Å²) in [6.07, 6.45) is -0.194. The van der Waals surface area contributed by atoms with E-state index in [-0.39, 0.29) is 5.92 Å². The van der Waals surface area contributed by atoms with E-state index >= 15 is 0 Å². The lowest BCUT2D eigenvalue weighted by atomic mass is 10.1. The van der Waals surface area contributed by atoms with E-state index in [1.807, 2.05) is 0 Å². The van der Waals surface area contributed by atoms with Gasteiger partial charge in [0.2, 0.25) is 9.70 Å². The summed E-state index contributed by atoms with van der Waals surface area (Å²) in [5.74, 6) is -1.98. The number of carbonyl (C=O) groups is 3. The molecule has 0 spiro atoms. The minimum Gasteiger partial charge on any atom is -0.460 e. The summed E-state index contributed by atoms with van der Waals surface area (Å²) in [5.41, 5.74) is 2.76. The van der Waals surface area contributed by atoms with Gasteiger partial charge in [0, 0.05) is 6.54 Å². The number of nitrogens with one attached hydrogen (secondary N) is 2. The van der Waals surface area contributed by atoms with E-state index in [1.165, 1.54) is 11.9 Å². The molecule has 0 aliphatic carbocycles. The third-order valence-electron chi connectivity index (χ3n) is 3.74. The number of aliphatic hydroxyl groups excluding tert-OH is 1. The predicted octanol–water partition coefficient (Wildman–Crippen LogP) is 0.917. The molecule has 150 valence electrons. The minimum absolute atomic E-state index is 0.275. The lowest BCUT2D eigenvalue weighted by Crippen LogP contribution is -2.60. The monoisotopic (exact) mass is 431 g/mol. The topological polar surface area (TPSA) is 108 Å². The number of aliphatic hydroxyl groups is 1. The number of nitrogens with zero attached hydrogens (tertiary/aromatic N) is 1. The molecule has 2 amide bonds. The Morgan fingerprint density at radius 2 is 1.92 bits per heavy atom. The van der Waals surface area contributed by atoms with Gasteiger partial charge in [0.25, 0.3) is 5.91 Å². The number of ether oxygens (including phenoxy) is 1. The number of amides is 2. The fourth-order valence-electron chi connectivity index (χ4n) is 2.27. The number of halogens is 3. The van der Waals surface area contributed by atoms with Gasteiger partial charge in [0.1, 0.15) is 24.8 Å². The van der Waals surface area contributed by atoms with Crippen molar-refractivity contribution < 1.29 is 24.2 Å². The van der Waals surface area contributed by atoms with Gasteiger partial charge in [0.15, 0.2) is 0 Å². The van der Waals surface area contributed by atoms with Crippen LogP contribution in [0.2, 0.25) is 0 Å². The van der Waals surface area contributed by atoms with Crippen LogP contribution in [0.1, 0.15) is 33.6 Å². The molecule has 1 fully saturated rings. The Morgan fingerprint density at radius 1 is 1.31 bits per heavy atom. The van der Waals surface area contributed by atoms with Crippen LogP contribution in [0.25, 0.3) is 0 Å². The average molecular weight is 433 g/mol. The van der Waals surface area contributed by atoms with E-state index < -0.39 is 46.4 Å². The molecule has 3 atom stereocenters. The van der Waals surface area contributed by atoms with E-state index in [4.69, 9.17) is 39.5 Å². The summed E-state index contributed by atoms with van der Waals surface area (Å²) in [6.45, 7) is 4.84. The van der Waals surface area contributed by atoms with E-state index in [9.17, 15) is 19.5 Å². The van der Waals surface area contributed by atoms with Crippen molar-refractivity contribution in [1.82, 2.24) is 15.8 Å². The molecule has 2 unspecified atom stereocenters. The van der Waals surface area contributed by atoms with Gasteiger partial charge in [-0.3, -0.25) is 19.4 Å². The molecule has 11 heteroatoms. The third-order valence-corrected chi connectivity index (χ3v) is 4.07. The fraction of sp³-hybridized carbons (Fsp3) is 0.800. The zero-order chi connectivity index (χ0) is 20.1. The lowest BCUT2D eigenvalue weighted by molar-refractivity contribution is -0.153. The Hall–Kier alpha value is -0.800. The summed E-state index contributed by atoms with van der Waals surface area (Å²) < 4.78 is 3.21. The van der Waals surface area contributed by atoms with Crippen molar-refractivity contribution in [2.75, 3.05) is 13.2 Å². The van der Waals surface area contributed by atoms with Crippen LogP contribution in [-0.4, -0.2) is 63.0 Å². The van der Waals surface area contributed by atoms with E-state index in [0.29, 0.717) is 19.4 Å². The molecule has 0 saturated carbocycles. The largest absolute Gasteiger partial charge is 0.460 e. The molecule has 3 N–H and O–H groups in total. The maximum atomic E-state index is 12.5. The zero-order valence-electron chi connectivity index (χ0n) is 14.8. The highest BCUT2D eigenvalue weighted by atomic mass is 35.6. The van der Waals surface area contributed by atoms with E-state index in [0.717, 1.165) is 0 Å². The molecule has 1 aliphatic rings. The van der Waals surface area contributed by atoms with Crippen LogP contribution in [0.15, 0.2) is 0 Å². The van der Waals surface area contributed by atoms with Crippen molar-refractivity contribution >= 4 is 52.6 Å². The summed E-state index contributed by atoms with van der Waals surface area (Å²) >= 11 is 16.6. The van der Waals surface area contributed by atoms with Gasteiger partial charge in [-0.25, -0.2) is 5.43 Å². The van der Waals surface area contributed by atoms with Gasteiger partial charge >= 0.3 is 5.97 Å². The zero-order valence-corrected chi connectivity index (χ0v) is 17.1. The van der Waals surface area contributed by atoms with Gasteiger partial charge in [-0.1, -0.05) is 48.7 Å². The van der Waals surface area contributed by atoms with E-state index in [1.54, 1.807) is 13.8 Å². The molecule has 26 heavy (non-hydrogen) atoms. The highest BCUT2D eigenvalue weighted by Gasteiger charge is 2.33. The first-order valence-corrected chi connectivity index (χ1v) is 9.35. The molecule has 0 aromatic heterocycles. The maximum absolute atomic E-state index is 12.5. The van der Waals surface area contributed by atoms with Crippen LogP contribution in [0.4, 0.5) is 0 Å². The van der Waals surface area contributed by atoms with Crippen molar-refractivity contribution in [3.63, 3.8) is 0 Å². The summed E-state index contributed by atoms with van der Waals surface area (Å²) in [5, 5.41) is 13.4. The molecule has 8 nitrogen and oxygen atoms in total. The molecule has 0 aromatic rings. The van der Waals surface area contributed by atoms with E-state index in [2.05, 4.69) is 10.7 Å². The Morgan fingerprint density at radius 3 is 2.46 bits per heavy atom. The number of carbonyl (C=O) groups excluding carboxylic acids is 3. The number of hydrogen-bond donors (Lipinski definition) is 3. The molecule has 0 bridgehead atoms. The Bertz CT molecular complexity index is 527. The van der Waals surface area contributed by atoms with Gasteiger partial charge in [0.05, 0.1) is 0 Å². The van der Waals surface area contributed by atoms with Crippen LogP contribution in [-0.2, 0) is 19.1 Å². The van der Waals surface area contributed by atoms with Crippen LogP contribution < -0.4 is 10.7 Å². The molecular weight excluding hydrogens is 409 g/mol. The Kier molecular flexibility index (Phi) is 8.88. The first kappa shape index (κ1) is 23.2. The number of esters is 1. The van der Waals surface area contributed by atoms with Crippen molar-refractivity contribution in [2.24, 2.45) is 5.92 Å². The van der Waals surface area contributed by atoms with Crippen LogP contribution in [0.5, 0.6) is 0 Å². The van der Waals surface area contributed by atoms with Crippen LogP contribution in [0, 0.1) is 5.92 Å². The lowest BCUT2D eigenvalue weighted by Gasteiger charge is -2.34. The Labute approximate surface area is 167 Å². The normalized spacial score (nSPS) is 20.5. The molecule has 1 aliphatic heterocycles. The predicted molar refractivity (Wildman–Crippen MR) is 97.6 cm³/mol. The van der Waals surface area contributed by atoms with Crippen molar-refractivity contribution in [1.29, 1.82) is 0 Å². The second kappa shape index (κ2) is 9.94. The first-order valence-electron chi connectivity index (χ1n) is 8.21.